The molecule has 0 spiro atoms. The second-order valence-corrected chi connectivity index (χ2v) is 5.37. The minimum absolute atomic E-state index is 0.157. The van der Waals surface area contributed by atoms with Crippen molar-refractivity contribution in [1.29, 1.82) is 0 Å². The van der Waals surface area contributed by atoms with Crippen LogP contribution < -0.4 is 11.1 Å². The first-order valence-corrected chi connectivity index (χ1v) is 6.73. The van der Waals surface area contributed by atoms with Crippen molar-refractivity contribution in [3.63, 3.8) is 0 Å². The summed E-state index contributed by atoms with van der Waals surface area (Å²) in [6.07, 6.45) is 4.37. The van der Waals surface area contributed by atoms with E-state index in [0.29, 0.717) is 6.54 Å². The summed E-state index contributed by atoms with van der Waals surface area (Å²) in [5, 5.41) is 3.14. The summed E-state index contributed by atoms with van der Waals surface area (Å²) >= 11 is 0. The van der Waals surface area contributed by atoms with Gasteiger partial charge in [-0.25, -0.2) is 0 Å². The zero-order chi connectivity index (χ0) is 13.0. The molecule has 0 saturated heterocycles. The van der Waals surface area contributed by atoms with Crippen LogP contribution in [0.25, 0.3) is 0 Å². The molecule has 1 aliphatic carbocycles. The molecular formula is C15H22N2O. The Hall–Kier alpha value is -1.35. The van der Waals surface area contributed by atoms with Crippen molar-refractivity contribution in [2.75, 3.05) is 6.54 Å². The van der Waals surface area contributed by atoms with E-state index in [1.807, 2.05) is 37.3 Å². The van der Waals surface area contributed by atoms with Crippen molar-refractivity contribution in [3.05, 3.63) is 35.9 Å². The second kappa shape index (κ2) is 5.53. The van der Waals surface area contributed by atoms with Gasteiger partial charge in [0.15, 0.2) is 0 Å². The van der Waals surface area contributed by atoms with Crippen molar-refractivity contribution in [2.45, 2.75) is 38.1 Å². The molecule has 0 heterocycles. The molecule has 0 bridgehead atoms. The molecule has 0 aromatic heterocycles. The van der Waals surface area contributed by atoms with Crippen LogP contribution in [0.4, 0.5) is 0 Å². The molecule has 1 aromatic carbocycles. The van der Waals surface area contributed by atoms with Gasteiger partial charge in [-0.1, -0.05) is 43.2 Å². The highest BCUT2D eigenvalue weighted by molar-refractivity contribution is 5.79. The molecule has 0 radical (unpaired) electrons. The number of carbonyl (C=O) groups is 1. The van der Waals surface area contributed by atoms with Crippen LogP contribution in [0.3, 0.4) is 0 Å². The highest BCUT2D eigenvalue weighted by atomic mass is 16.2. The third kappa shape index (κ3) is 2.72. The number of hydrogen-bond acceptors (Lipinski definition) is 2. The number of nitrogens with two attached hydrogens (primary N) is 1. The molecule has 3 heteroatoms. The van der Waals surface area contributed by atoms with Crippen molar-refractivity contribution >= 4 is 5.91 Å². The molecule has 18 heavy (non-hydrogen) atoms. The number of rotatable bonds is 4. The van der Waals surface area contributed by atoms with Crippen molar-refractivity contribution in [1.82, 2.24) is 5.32 Å². The smallest absolute Gasteiger partial charge is 0.223 e. The lowest BCUT2D eigenvalue weighted by atomic mass is 9.91. The first-order chi connectivity index (χ1) is 8.65. The topological polar surface area (TPSA) is 55.1 Å². The molecule has 3 nitrogen and oxygen atoms in total. The third-order valence-electron chi connectivity index (χ3n) is 3.94. The Bertz CT molecular complexity index is 398. The molecule has 1 aromatic rings. The number of nitrogens with one attached hydrogen (secondary N) is 1. The minimum atomic E-state index is -0.457. The zero-order valence-electron chi connectivity index (χ0n) is 11.0. The van der Waals surface area contributed by atoms with Crippen LogP contribution >= 0.6 is 0 Å². The minimum Gasteiger partial charge on any atom is -0.345 e. The van der Waals surface area contributed by atoms with E-state index < -0.39 is 5.54 Å². The fraction of sp³-hybridized carbons (Fsp3) is 0.533. The Balaban J connectivity index is 2.10. The molecule has 0 aliphatic heterocycles. The van der Waals surface area contributed by atoms with Crippen LogP contribution in [-0.2, 0) is 10.3 Å². The van der Waals surface area contributed by atoms with Gasteiger partial charge in [-0.3, -0.25) is 4.79 Å². The van der Waals surface area contributed by atoms with Crippen LogP contribution in [-0.4, -0.2) is 12.5 Å². The lowest BCUT2D eigenvalue weighted by Crippen LogP contribution is -2.50. The van der Waals surface area contributed by atoms with E-state index in [0.717, 1.165) is 18.4 Å². The summed E-state index contributed by atoms with van der Waals surface area (Å²) < 4.78 is 0. The molecule has 3 N–H and O–H groups in total. The Kier molecular flexibility index (Phi) is 4.02. The van der Waals surface area contributed by atoms with Gasteiger partial charge in [0.25, 0.3) is 0 Å². The fourth-order valence-corrected chi connectivity index (χ4v) is 2.61. The maximum absolute atomic E-state index is 12.2. The molecule has 1 aliphatic rings. The Morgan fingerprint density at radius 2 is 1.94 bits per heavy atom. The van der Waals surface area contributed by atoms with Gasteiger partial charge in [0.2, 0.25) is 5.91 Å². The maximum atomic E-state index is 12.2. The molecule has 98 valence electrons. The molecule has 1 fully saturated rings. The normalized spacial score (nSPS) is 19.4. The predicted octanol–water partition coefficient (Wildman–Crippen LogP) is 2.17. The van der Waals surface area contributed by atoms with Gasteiger partial charge >= 0.3 is 0 Å². The lowest BCUT2D eigenvalue weighted by Gasteiger charge is -2.31. The van der Waals surface area contributed by atoms with E-state index in [2.05, 4.69) is 5.32 Å². The predicted molar refractivity (Wildman–Crippen MR) is 72.9 cm³/mol. The standard InChI is InChI=1S/C15H22N2O/c1-15(11-16,13-9-3-2-4-10-13)17-14(18)12-7-5-6-8-12/h2-4,9-10,12H,5-8,11,16H2,1H3,(H,17,18). The monoisotopic (exact) mass is 246 g/mol. The van der Waals surface area contributed by atoms with Crippen LogP contribution in [0.5, 0.6) is 0 Å². The van der Waals surface area contributed by atoms with Gasteiger partial charge in [0.05, 0.1) is 5.54 Å². The van der Waals surface area contributed by atoms with Crippen LogP contribution in [0.15, 0.2) is 30.3 Å². The van der Waals surface area contributed by atoms with E-state index in [9.17, 15) is 4.79 Å². The van der Waals surface area contributed by atoms with E-state index in [4.69, 9.17) is 5.73 Å². The Morgan fingerprint density at radius 1 is 1.33 bits per heavy atom. The average Bonchev–Trinajstić information content (AvgIpc) is 2.93. The Morgan fingerprint density at radius 3 is 2.50 bits per heavy atom. The van der Waals surface area contributed by atoms with E-state index >= 15 is 0 Å². The highest BCUT2D eigenvalue weighted by Crippen LogP contribution is 2.27. The summed E-state index contributed by atoms with van der Waals surface area (Å²) in [6.45, 7) is 2.41. The lowest BCUT2D eigenvalue weighted by molar-refractivity contribution is -0.126. The van der Waals surface area contributed by atoms with E-state index in [1.54, 1.807) is 0 Å². The van der Waals surface area contributed by atoms with Gasteiger partial charge in [-0.05, 0) is 25.3 Å². The van der Waals surface area contributed by atoms with Gasteiger partial charge < -0.3 is 11.1 Å². The maximum Gasteiger partial charge on any atom is 0.223 e. The number of hydrogen-bond donors (Lipinski definition) is 2. The molecule has 1 unspecified atom stereocenters. The van der Waals surface area contributed by atoms with Gasteiger partial charge in [-0.2, -0.15) is 0 Å². The van der Waals surface area contributed by atoms with Gasteiger partial charge in [-0.15, -0.1) is 0 Å². The molecular weight excluding hydrogens is 224 g/mol. The number of carbonyl (C=O) groups excluding carboxylic acids is 1. The van der Waals surface area contributed by atoms with Crippen LogP contribution in [0, 0.1) is 5.92 Å². The molecule has 1 atom stereocenters. The quantitative estimate of drug-likeness (QED) is 0.855. The molecule has 2 rings (SSSR count). The van der Waals surface area contributed by atoms with Gasteiger partial charge in [0, 0.05) is 12.5 Å². The van der Waals surface area contributed by atoms with Crippen molar-refractivity contribution in [2.24, 2.45) is 11.7 Å². The average molecular weight is 246 g/mol. The van der Waals surface area contributed by atoms with Crippen LogP contribution in [0.1, 0.15) is 38.2 Å². The summed E-state index contributed by atoms with van der Waals surface area (Å²) in [5.74, 6) is 0.337. The summed E-state index contributed by atoms with van der Waals surface area (Å²) in [5.41, 5.74) is 6.48. The zero-order valence-corrected chi connectivity index (χ0v) is 11.0. The van der Waals surface area contributed by atoms with Crippen molar-refractivity contribution < 1.29 is 4.79 Å². The molecule has 1 saturated carbocycles. The van der Waals surface area contributed by atoms with Crippen molar-refractivity contribution in [3.8, 4) is 0 Å². The first-order valence-electron chi connectivity index (χ1n) is 6.73. The number of amides is 1. The highest BCUT2D eigenvalue weighted by Gasteiger charge is 2.31. The fourth-order valence-electron chi connectivity index (χ4n) is 2.61. The molecule has 1 amide bonds. The summed E-state index contributed by atoms with van der Waals surface area (Å²) in [6, 6.07) is 9.96. The largest absolute Gasteiger partial charge is 0.345 e. The summed E-state index contributed by atoms with van der Waals surface area (Å²) in [4.78, 5) is 12.2. The van der Waals surface area contributed by atoms with Gasteiger partial charge in [0.1, 0.15) is 0 Å². The third-order valence-corrected chi connectivity index (χ3v) is 3.94. The SMILES string of the molecule is CC(CN)(NC(=O)C1CCCC1)c1ccccc1. The van der Waals surface area contributed by atoms with E-state index in [-0.39, 0.29) is 11.8 Å². The first kappa shape index (κ1) is 13.1. The Labute approximate surface area is 109 Å². The van der Waals surface area contributed by atoms with E-state index in [1.165, 1.54) is 12.8 Å². The van der Waals surface area contributed by atoms with Crippen LogP contribution in [0.2, 0.25) is 0 Å². The summed E-state index contributed by atoms with van der Waals surface area (Å²) in [7, 11) is 0. The number of benzene rings is 1. The second-order valence-electron chi connectivity index (χ2n) is 5.37.